The van der Waals surface area contributed by atoms with Crippen LogP contribution in [0.5, 0.6) is 0 Å². The standard InChI is InChI=1S/C27H22N8O/c1-2-21(33-25-20-10-16(11-28)6-9-22(20)31-15-32-25)26-34-23-5-3-4-19(17-12-29-14-30-13-17)24(23)27(36)35(26)18-7-8-18/h3-6,9-10,12-15,18,21H,2,7-8H2,1H3,(H,31,32,33). The number of benzene rings is 2. The molecule has 1 aliphatic carbocycles. The second kappa shape index (κ2) is 8.82. The summed E-state index contributed by atoms with van der Waals surface area (Å²) in [6.07, 6.45) is 8.96. The van der Waals surface area contributed by atoms with Crippen molar-refractivity contribution in [2.24, 2.45) is 0 Å². The topological polar surface area (TPSA) is 122 Å². The van der Waals surface area contributed by atoms with Gasteiger partial charge in [0.05, 0.1) is 34.1 Å². The monoisotopic (exact) mass is 474 g/mol. The molecule has 1 aliphatic rings. The van der Waals surface area contributed by atoms with Crippen LogP contribution in [0.15, 0.2) is 66.2 Å². The molecule has 9 heteroatoms. The lowest BCUT2D eigenvalue weighted by atomic mass is 10.0. The van der Waals surface area contributed by atoms with E-state index in [1.807, 2.05) is 35.8 Å². The Labute approximate surface area is 206 Å². The van der Waals surface area contributed by atoms with Crippen LogP contribution in [0.1, 0.15) is 49.7 Å². The number of nitriles is 1. The Bertz CT molecular complexity index is 1700. The number of anilines is 1. The number of nitrogens with one attached hydrogen (secondary N) is 1. The van der Waals surface area contributed by atoms with Crippen molar-refractivity contribution in [1.82, 2.24) is 29.5 Å². The van der Waals surface area contributed by atoms with Gasteiger partial charge in [0.15, 0.2) is 0 Å². The van der Waals surface area contributed by atoms with Crippen LogP contribution in [0.4, 0.5) is 5.82 Å². The average Bonchev–Trinajstić information content (AvgIpc) is 3.76. The van der Waals surface area contributed by atoms with Gasteiger partial charge in [-0.1, -0.05) is 19.1 Å². The molecule has 0 amide bonds. The van der Waals surface area contributed by atoms with Gasteiger partial charge in [-0.3, -0.25) is 9.36 Å². The summed E-state index contributed by atoms with van der Waals surface area (Å²) in [6, 6.07) is 13.0. The van der Waals surface area contributed by atoms with E-state index in [0.717, 1.165) is 34.9 Å². The van der Waals surface area contributed by atoms with Crippen molar-refractivity contribution in [3.8, 4) is 17.2 Å². The van der Waals surface area contributed by atoms with Crippen LogP contribution in [0.2, 0.25) is 0 Å². The molecule has 2 aromatic carbocycles. The van der Waals surface area contributed by atoms with Crippen LogP contribution >= 0.6 is 0 Å². The molecule has 6 rings (SSSR count). The van der Waals surface area contributed by atoms with Crippen LogP contribution < -0.4 is 10.9 Å². The van der Waals surface area contributed by atoms with Gasteiger partial charge in [0.25, 0.3) is 5.56 Å². The fraction of sp³-hybridized carbons (Fsp3) is 0.222. The average molecular weight is 475 g/mol. The van der Waals surface area contributed by atoms with Gasteiger partial charge >= 0.3 is 0 Å². The van der Waals surface area contributed by atoms with E-state index < -0.39 is 0 Å². The first-order chi connectivity index (χ1) is 17.7. The Morgan fingerprint density at radius 2 is 1.94 bits per heavy atom. The lowest BCUT2D eigenvalue weighted by molar-refractivity contribution is 0.579. The fourth-order valence-electron chi connectivity index (χ4n) is 4.63. The second-order valence-electron chi connectivity index (χ2n) is 8.87. The molecular formula is C27H22N8O. The number of fused-ring (bicyclic) bond motifs is 2. The van der Waals surface area contributed by atoms with E-state index in [1.165, 1.54) is 12.7 Å². The first-order valence-corrected chi connectivity index (χ1v) is 11.9. The molecule has 1 unspecified atom stereocenters. The minimum Gasteiger partial charge on any atom is -0.360 e. The highest BCUT2D eigenvalue weighted by Gasteiger charge is 2.31. The lowest BCUT2D eigenvalue weighted by Crippen LogP contribution is -2.29. The largest absolute Gasteiger partial charge is 0.360 e. The molecule has 3 heterocycles. The summed E-state index contributed by atoms with van der Waals surface area (Å²) in [5.41, 5.74) is 3.40. The van der Waals surface area contributed by atoms with Crippen molar-refractivity contribution in [3.63, 3.8) is 0 Å². The normalized spacial score (nSPS) is 14.0. The van der Waals surface area contributed by atoms with Crippen LogP contribution in [0.25, 0.3) is 32.9 Å². The molecule has 0 bridgehead atoms. The Kier molecular flexibility index (Phi) is 5.34. The van der Waals surface area contributed by atoms with Crippen LogP contribution in [0, 0.1) is 11.3 Å². The van der Waals surface area contributed by atoms with Crippen molar-refractivity contribution >= 4 is 27.6 Å². The molecule has 176 valence electrons. The van der Waals surface area contributed by atoms with E-state index in [-0.39, 0.29) is 17.6 Å². The summed E-state index contributed by atoms with van der Waals surface area (Å²) in [7, 11) is 0. The number of nitrogens with zero attached hydrogens (tertiary/aromatic N) is 7. The Morgan fingerprint density at radius 3 is 2.69 bits per heavy atom. The molecule has 3 aromatic heterocycles. The zero-order valence-corrected chi connectivity index (χ0v) is 19.6. The predicted molar refractivity (Wildman–Crippen MR) is 136 cm³/mol. The third kappa shape index (κ3) is 3.73. The van der Waals surface area contributed by atoms with E-state index in [1.54, 1.807) is 24.5 Å². The van der Waals surface area contributed by atoms with E-state index in [0.29, 0.717) is 34.5 Å². The number of hydrogen-bond acceptors (Lipinski definition) is 8. The zero-order chi connectivity index (χ0) is 24.6. The molecule has 1 fully saturated rings. The second-order valence-corrected chi connectivity index (χ2v) is 8.87. The molecule has 1 saturated carbocycles. The van der Waals surface area contributed by atoms with Gasteiger partial charge in [-0.15, -0.1) is 0 Å². The maximum Gasteiger partial charge on any atom is 0.262 e. The van der Waals surface area contributed by atoms with Gasteiger partial charge in [0.2, 0.25) is 0 Å². The van der Waals surface area contributed by atoms with Crippen LogP contribution in [-0.4, -0.2) is 29.5 Å². The Hall–Kier alpha value is -4.71. The highest BCUT2D eigenvalue weighted by atomic mass is 16.1. The molecule has 36 heavy (non-hydrogen) atoms. The molecule has 1 N–H and O–H groups in total. The molecule has 0 aliphatic heterocycles. The maximum atomic E-state index is 14.0. The molecule has 0 saturated heterocycles. The smallest absolute Gasteiger partial charge is 0.262 e. The van der Waals surface area contributed by atoms with Crippen molar-refractivity contribution in [2.75, 3.05) is 5.32 Å². The van der Waals surface area contributed by atoms with Crippen molar-refractivity contribution in [3.05, 3.63) is 83.2 Å². The fourth-order valence-corrected chi connectivity index (χ4v) is 4.63. The SMILES string of the molecule is CCC(Nc1ncnc2ccc(C#N)cc12)c1nc2cccc(-c3cncnc3)c2c(=O)n1C1CC1. The third-order valence-corrected chi connectivity index (χ3v) is 6.54. The van der Waals surface area contributed by atoms with Crippen molar-refractivity contribution in [2.45, 2.75) is 38.3 Å². The van der Waals surface area contributed by atoms with Gasteiger partial charge < -0.3 is 5.32 Å². The minimum absolute atomic E-state index is 0.0588. The first-order valence-electron chi connectivity index (χ1n) is 11.9. The summed E-state index contributed by atoms with van der Waals surface area (Å²) >= 11 is 0. The van der Waals surface area contributed by atoms with Crippen LogP contribution in [-0.2, 0) is 0 Å². The Balaban J connectivity index is 1.52. The molecule has 5 aromatic rings. The van der Waals surface area contributed by atoms with Gasteiger partial charge in [-0.05, 0) is 49.1 Å². The summed E-state index contributed by atoms with van der Waals surface area (Å²) in [4.78, 5) is 36.1. The predicted octanol–water partition coefficient (Wildman–Crippen LogP) is 4.57. The number of aromatic nitrogens is 6. The van der Waals surface area contributed by atoms with Crippen LogP contribution in [0.3, 0.4) is 0 Å². The van der Waals surface area contributed by atoms with E-state index in [9.17, 15) is 10.1 Å². The van der Waals surface area contributed by atoms with Crippen molar-refractivity contribution < 1.29 is 0 Å². The zero-order valence-electron chi connectivity index (χ0n) is 19.6. The third-order valence-electron chi connectivity index (χ3n) is 6.54. The van der Waals surface area contributed by atoms with E-state index in [2.05, 4.69) is 31.3 Å². The molecular weight excluding hydrogens is 452 g/mol. The Morgan fingerprint density at radius 1 is 1.11 bits per heavy atom. The first kappa shape index (κ1) is 21.8. The summed E-state index contributed by atoms with van der Waals surface area (Å²) in [5.74, 6) is 1.29. The summed E-state index contributed by atoms with van der Waals surface area (Å²) < 4.78 is 1.85. The van der Waals surface area contributed by atoms with Crippen molar-refractivity contribution in [1.29, 1.82) is 5.26 Å². The molecule has 0 spiro atoms. The molecule has 0 radical (unpaired) electrons. The minimum atomic E-state index is -0.268. The van der Waals surface area contributed by atoms with E-state index >= 15 is 0 Å². The lowest BCUT2D eigenvalue weighted by Gasteiger charge is -2.23. The molecule has 1 atom stereocenters. The summed E-state index contributed by atoms with van der Waals surface area (Å²) in [6.45, 7) is 2.05. The van der Waals surface area contributed by atoms with E-state index in [4.69, 9.17) is 4.98 Å². The highest BCUT2D eigenvalue weighted by Crippen LogP contribution is 2.38. The van der Waals surface area contributed by atoms with Gasteiger partial charge in [-0.25, -0.2) is 24.9 Å². The quantitative estimate of drug-likeness (QED) is 0.380. The maximum absolute atomic E-state index is 14.0. The van der Waals surface area contributed by atoms with Gasteiger partial charge in [0, 0.05) is 29.4 Å². The highest BCUT2D eigenvalue weighted by molar-refractivity contribution is 5.94. The van der Waals surface area contributed by atoms with Gasteiger partial charge in [0.1, 0.15) is 24.3 Å². The molecule has 9 nitrogen and oxygen atoms in total. The van der Waals surface area contributed by atoms with Gasteiger partial charge in [-0.2, -0.15) is 5.26 Å². The summed E-state index contributed by atoms with van der Waals surface area (Å²) in [5, 5.41) is 14.2. The number of rotatable bonds is 6. The number of hydrogen-bond donors (Lipinski definition) is 1.